The molecule has 0 atom stereocenters. The summed E-state index contributed by atoms with van der Waals surface area (Å²) >= 11 is 6.23. The van der Waals surface area contributed by atoms with Crippen LogP contribution in [0.4, 0.5) is 17.1 Å². The first kappa shape index (κ1) is 42.8. The van der Waals surface area contributed by atoms with Gasteiger partial charge in [-0.2, -0.15) is 0 Å². The Kier molecular flexibility index (Phi) is 13.0. The number of carbonyl (C=O) groups excluding carboxylic acids is 2. The number of sulfonamides is 1. The molecule has 1 amide bonds. The van der Waals surface area contributed by atoms with E-state index in [1.807, 2.05) is 19.2 Å². The van der Waals surface area contributed by atoms with Gasteiger partial charge < -0.3 is 19.9 Å². The van der Waals surface area contributed by atoms with E-state index >= 15 is 0 Å². The lowest BCUT2D eigenvalue weighted by Gasteiger charge is -2.39. The van der Waals surface area contributed by atoms with Crippen molar-refractivity contribution in [3.05, 3.63) is 122 Å². The number of halogens is 1. The fourth-order valence-electron chi connectivity index (χ4n) is 8.22. The maximum absolute atomic E-state index is 13.8. The van der Waals surface area contributed by atoms with E-state index in [2.05, 4.69) is 50.7 Å². The molecular formula is C45H51ClN6O7S. The number of carbonyl (C=O) groups is 2. The average molecular weight is 855 g/mol. The highest BCUT2D eigenvalue weighted by Gasteiger charge is 2.31. The molecule has 1 aliphatic carbocycles. The summed E-state index contributed by atoms with van der Waals surface area (Å²) in [7, 11) is -2.55. The van der Waals surface area contributed by atoms with Crippen molar-refractivity contribution in [3.8, 4) is 11.5 Å². The van der Waals surface area contributed by atoms with Gasteiger partial charge in [-0.3, -0.25) is 24.6 Å². The number of piperazine rings is 1. The third-order valence-corrected chi connectivity index (χ3v) is 13.3. The monoisotopic (exact) mass is 854 g/mol. The normalized spacial score (nSPS) is 17.9. The van der Waals surface area contributed by atoms with Crippen LogP contribution in [0.25, 0.3) is 5.57 Å². The SMILES string of the molecule is CN1CCC(Nc2ccc(S(=O)(=O)NC(=O)c3ccc(N4CCN(CC5=C(c6ccc(Cl)cc6)CC(C)(C)CC5)CC4)cc3Oc3cccc(C=O)c3)cc2[N+](=O)[O-])CC1. The van der Waals surface area contributed by atoms with Gasteiger partial charge in [0.15, 0.2) is 0 Å². The summed E-state index contributed by atoms with van der Waals surface area (Å²) in [5, 5.41) is 16.0. The minimum Gasteiger partial charge on any atom is -0.456 e. The van der Waals surface area contributed by atoms with Crippen LogP contribution in [0.2, 0.25) is 5.02 Å². The number of nitrogens with one attached hydrogen (secondary N) is 2. The van der Waals surface area contributed by atoms with Gasteiger partial charge in [0.1, 0.15) is 23.5 Å². The van der Waals surface area contributed by atoms with Crippen LogP contribution in [0.15, 0.2) is 95.4 Å². The van der Waals surface area contributed by atoms with Gasteiger partial charge in [-0.05, 0) is 117 Å². The average Bonchev–Trinajstić information content (AvgIpc) is 3.22. The van der Waals surface area contributed by atoms with E-state index in [0.29, 0.717) is 24.9 Å². The number of nitro benzene ring substituents is 1. The Morgan fingerprint density at radius 1 is 0.967 bits per heavy atom. The molecule has 2 heterocycles. The van der Waals surface area contributed by atoms with Crippen molar-refractivity contribution in [3.63, 3.8) is 0 Å². The number of anilines is 2. The Morgan fingerprint density at radius 2 is 1.70 bits per heavy atom. The van der Waals surface area contributed by atoms with Gasteiger partial charge in [0.2, 0.25) is 0 Å². The van der Waals surface area contributed by atoms with Crippen LogP contribution in [0.3, 0.4) is 0 Å². The third kappa shape index (κ3) is 10.4. The van der Waals surface area contributed by atoms with Crippen molar-refractivity contribution in [2.75, 3.05) is 63.1 Å². The topological polar surface area (TPSA) is 154 Å². The predicted octanol–water partition coefficient (Wildman–Crippen LogP) is 8.26. The minimum absolute atomic E-state index is 0.000511. The van der Waals surface area contributed by atoms with Crippen LogP contribution in [-0.2, 0) is 10.0 Å². The lowest BCUT2D eigenvalue weighted by Crippen LogP contribution is -2.47. The number of ether oxygens (including phenoxy) is 1. The first-order valence-corrected chi connectivity index (χ1v) is 22.1. The Hall–Kier alpha value is -5.28. The van der Waals surface area contributed by atoms with Crippen molar-refractivity contribution in [1.29, 1.82) is 0 Å². The first-order valence-electron chi connectivity index (χ1n) is 20.3. The van der Waals surface area contributed by atoms with Gasteiger partial charge in [-0.25, -0.2) is 13.1 Å². The Labute approximate surface area is 356 Å². The zero-order valence-electron chi connectivity index (χ0n) is 34.2. The number of allylic oxidation sites excluding steroid dienone is 1. The number of rotatable bonds is 13. The highest BCUT2D eigenvalue weighted by molar-refractivity contribution is 7.90. The zero-order chi connectivity index (χ0) is 42.6. The van der Waals surface area contributed by atoms with Crippen LogP contribution in [0.5, 0.6) is 11.5 Å². The molecule has 13 nitrogen and oxygen atoms in total. The second-order valence-electron chi connectivity index (χ2n) is 16.8. The lowest BCUT2D eigenvalue weighted by atomic mass is 9.72. The molecule has 7 rings (SSSR count). The Balaban J connectivity index is 1.09. The lowest BCUT2D eigenvalue weighted by molar-refractivity contribution is -0.384. The molecule has 4 aromatic carbocycles. The molecule has 60 heavy (non-hydrogen) atoms. The second-order valence-corrected chi connectivity index (χ2v) is 18.9. The second kappa shape index (κ2) is 18.1. The summed E-state index contributed by atoms with van der Waals surface area (Å²) in [5.41, 5.74) is 5.16. The molecule has 0 bridgehead atoms. The molecule has 2 aliphatic heterocycles. The summed E-state index contributed by atoms with van der Waals surface area (Å²) in [6.45, 7) is 10.2. The van der Waals surface area contributed by atoms with Crippen molar-refractivity contribution in [2.45, 2.75) is 56.9 Å². The molecule has 0 unspecified atom stereocenters. The summed E-state index contributed by atoms with van der Waals surface area (Å²) in [5.74, 6) is -0.622. The van der Waals surface area contributed by atoms with Crippen molar-refractivity contribution < 1.29 is 27.7 Å². The molecule has 0 saturated carbocycles. The molecule has 2 fully saturated rings. The largest absolute Gasteiger partial charge is 0.456 e. The molecule has 2 saturated heterocycles. The third-order valence-electron chi connectivity index (χ3n) is 11.7. The summed E-state index contributed by atoms with van der Waals surface area (Å²) in [4.78, 5) is 43.3. The molecule has 0 radical (unpaired) electrons. The number of hydrogen-bond donors (Lipinski definition) is 2. The molecule has 3 aliphatic rings. The van der Waals surface area contributed by atoms with Crippen LogP contribution in [0, 0.1) is 15.5 Å². The highest BCUT2D eigenvalue weighted by atomic mass is 35.5. The fraction of sp³-hybridized carbons (Fsp3) is 0.378. The van der Waals surface area contributed by atoms with Crippen LogP contribution < -0.4 is 19.7 Å². The molecule has 4 aromatic rings. The van der Waals surface area contributed by atoms with Crippen LogP contribution in [-0.4, -0.2) is 94.2 Å². The van der Waals surface area contributed by atoms with E-state index in [1.54, 1.807) is 30.3 Å². The zero-order valence-corrected chi connectivity index (χ0v) is 35.7. The van der Waals surface area contributed by atoms with Gasteiger partial charge in [0.25, 0.3) is 21.6 Å². The number of aldehydes is 1. The fourth-order valence-corrected chi connectivity index (χ4v) is 9.33. The van der Waals surface area contributed by atoms with E-state index in [-0.39, 0.29) is 34.2 Å². The number of nitro groups is 1. The Bertz CT molecular complexity index is 2390. The molecule has 15 heteroatoms. The maximum Gasteiger partial charge on any atom is 0.293 e. The van der Waals surface area contributed by atoms with Gasteiger partial charge in [-0.1, -0.05) is 55.3 Å². The van der Waals surface area contributed by atoms with Crippen LogP contribution in [0.1, 0.15) is 72.2 Å². The van der Waals surface area contributed by atoms with E-state index in [0.717, 1.165) is 81.6 Å². The quantitative estimate of drug-likeness (QED) is 0.0759. The summed E-state index contributed by atoms with van der Waals surface area (Å²) in [6.07, 6.45) is 5.42. The number of hydrogen-bond acceptors (Lipinski definition) is 11. The number of benzene rings is 4. The number of likely N-dealkylation sites (tertiary alicyclic amines) is 1. The summed E-state index contributed by atoms with van der Waals surface area (Å²) in [6, 6.07) is 23.1. The molecule has 316 valence electrons. The number of nitrogens with zero attached hydrogens (tertiary/aromatic N) is 4. The standard InChI is InChI=1S/C45H51ClN6O7S/c1-45(2)18-15-33(40(28-45)32-7-9-34(46)10-8-32)29-50-21-23-51(24-22-50)36-11-13-39(43(26-36)59-37-6-4-5-31(25-37)30-53)44(54)48-60(57,58)38-12-14-41(42(27-38)52(55)56)47-35-16-19-49(3)20-17-35/h4-14,25-27,30,35,47H,15-24,28-29H2,1-3H3,(H,48,54). The predicted molar refractivity (Wildman–Crippen MR) is 235 cm³/mol. The van der Waals surface area contributed by atoms with Crippen LogP contribution >= 0.6 is 11.6 Å². The van der Waals surface area contributed by atoms with Crippen molar-refractivity contribution >= 4 is 56.5 Å². The van der Waals surface area contributed by atoms with E-state index < -0.39 is 31.4 Å². The van der Waals surface area contributed by atoms with Gasteiger partial charge in [0.05, 0.1) is 15.4 Å². The van der Waals surface area contributed by atoms with Crippen molar-refractivity contribution in [2.24, 2.45) is 5.41 Å². The maximum atomic E-state index is 13.8. The number of amides is 1. The molecule has 2 N–H and O–H groups in total. The van der Waals surface area contributed by atoms with Crippen molar-refractivity contribution in [1.82, 2.24) is 14.5 Å². The van der Waals surface area contributed by atoms with E-state index in [4.69, 9.17) is 16.3 Å². The van der Waals surface area contributed by atoms with E-state index in [1.165, 1.54) is 41.0 Å². The van der Waals surface area contributed by atoms with E-state index in [9.17, 15) is 28.1 Å². The Morgan fingerprint density at radius 3 is 2.40 bits per heavy atom. The molecular weight excluding hydrogens is 804 g/mol. The van der Waals surface area contributed by atoms with Gasteiger partial charge in [-0.15, -0.1) is 0 Å². The smallest absolute Gasteiger partial charge is 0.293 e. The number of piperidine rings is 1. The molecule has 0 spiro atoms. The molecule has 0 aromatic heterocycles. The minimum atomic E-state index is -4.57. The first-order chi connectivity index (χ1) is 28.7. The summed E-state index contributed by atoms with van der Waals surface area (Å²) < 4.78 is 35.6. The van der Waals surface area contributed by atoms with Gasteiger partial charge >= 0.3 is 0 Å². The van der Waals surface area contributed by atoms with Gasteiger partial charge in [0, 0.05) is 67.2 Å². The highest BCUT2D eigenvalue weighted by Crippen LogP contribution is 2.43.